The average molecular weight is 316 g/mol. The van der Waals surface area contributed by atoms with Crippen LogP contribution in [0.4, 0.5) is 0 Å². The summed E-state index contributed by atoms with van der Waals surface area (Å²) in [6, 6.07) is 16.6. The highest BCUT2D eigenvalue weighted by Crippen LogP contribution is 2.26. The summed E-state index contributed by atoms with van der Waals surface area (Å²) in [6.45, 7) is 7.27. The monoisotopic (exact) mass is 316 g/mol. The van der Waals surface area contributed by atoms with Gasteiger partial charge in [-0.3, -0.25) is 5.10 Å². The lowest BCUT2D eigenvalue weighted by Crippen LogP contribution is -1.82. The molecule has 0 radical (unpaired) electrons. The molecular formula is C20H20N4. The van der Waals surface area contributed by atoms with Crippen LogP contribution in [0.1, 0.15) is 12.5 Å². The van der Waals surface area contributed by atoms with Gasteiger partial charge in [-0.05, 0) is 42.7 Å². The lowest BCUT2D eigenvalue weighted by molar-refractivity contribution is 1.08. The normalized spacial score (nSPS) is 10.2. The van der Waals surface area contributed by atoms with E-state index in [-0.39, 0.29) is 0 Å². The Morgan fingerprint density at radius 2 is 1.79 bits per heavy atom. The maximum absolute atomic E-state index is 4.62. The van der Waals surface area contributed by atoms with Crippen molar-refractivity contribution in [1.29, 1.82) is 0 Å². The fourth-order valence-electron chi connectivity index (χ4n) is 2.52. The minimum absolute atomic E-state index is 0.824. The predicted molar refractivity (Wildman–Crippen MR) is 99.7 cm³/mol. The standard InChI is InChI=1S/C17H14N4.C3H6/c1-11-10-18-21-16(11)17-19-14-8-7-13(9-15(14)20-17)12-5-3-2-4-6-12;1-3-2/h2-10H,1H3,(H,18,21)(H,19,20);3H,1H2,2H3. The zero-order valence-corrected chi connectivity index (χ0v) is 13.9. The number of aromatic nitrogens is 4. The Balaban J connectivity index is 0.000000526. The first-order valence-electron chi connectivity index (χ1n) is 7.85. The maximum Gasteiger partial charge on any atom is 0.156 e. The molecule has 0 bridgehead atoms. The fourth-order valence-corrected chi connectivity index (χ4v) is 2.52. The number of allylic oxidation sites excluding steroid dienone is 1. The van der Waals surface area contributed by atoms with Crippen LogP contribution in [-0.4, -0.2) is 20.2 Å². The van der Waals surface area contributed by atoms with Crippen LogP contribution < -0.4 is 0 Å². The molecule has 120 valence electrons. The van der Waals surface area contributed by atoms with Crippen molar-refractivity contribution >= 4 is 11.0 Å². The zero-order valence-electron chi connectivity index (χ0n) is 13.9. The molecule has 0 saturated carbocycles. The summed E-state index contributed by atoms with van der Waals surface area (Å²) in [6.07, 6.45) is 3.55. The molecule has 0 aliphatic heterocycles. The number of aromatic amines is 2. The number of aryl methyl sites for hydroxylation is 1. The summed E-state index contributed by atoms with van der Waals surface area (Å²) in [5.74, 6) is 0.824. The molecule has 4 rings (SSSR count). The van der Waals surface area contributed by atoms with Gasteiger partial charge < -0.3 is 4.98 Å². The second kappa shape index (κ2) is 6.96. The largest absolute Gasteiger partial charge is 0.337 e. The van der Waals surface area contributed by atoms with Crippen molar-refractivity contribution in [1.82, 2.24) is 20.2 Å². The van der Waals surface area contributed by atoms with Crippen molar-refractivity contribution in [2.24, 2.45) is 0 Å². The maximum atomic E-state index is 4.62. The SMILES string of the molecule is C=CC.Cc1cn[nH]c1-c1nc2ccc(-c3ccccc3)cc2[nH]1. The molecule has 4 aromatic rings. The molecular weight excluding hydrogens is 296 g/mol. The molecule has 0 fully saturated rings. The smallest absolute Gasteiger partial charge is 0.156 e. The van der Waals surface area contributed by atoms with E-state index in [1.165, 1.54) is 11.1 Å². The van der Waals surface area contributed by atoms with E-state index in [0.717, 1.165) is 28.1 Å². The molecule has 0 spiro atoms. The Morgan fingerprint density at radius 1 is 1.04 bits per heavy atom. The third-order valence-corrected chi connectivity index (χ3v) is 3.65. The first-order chi connectivity index (χ1) is 11.7. The van der Waals surface area contributed by atoms with E-state index in [1.54, 1.807) is 12.3 Å². The van der Waals surface area contributed by atoms with E-state index in [1.807, 2.05) is 38.1 Å². The summed E-state index contributed by atoms with van der Waals surface area (Å²) < 4.78 is 0. The summed E-state index contributed by atoms with van der Waals surface area (Å²) in [5.41, 5.74) is 6.39. The molecule has 0 unspecified atom stereocenters. The van der Waals surface area contributed by atoms with Gasteiger partial charge in [-0.25, -0.2) is 4.98 Å². The van der Waals surface area contributed by atoms with Gasteiger partial charge in [0.05, 0.1) is 17.2 Å². The Labute approximate surface area is 141 Å². The van der Waals surface area contributed by atoms with Gasteiger partial charge in [0.2, 0.25) is 0 Å². The number of nitrogens with one attached hydrogen (secondary N) is 2. The number of benzene rings is 2. The van der Waals surface area contributed by atoms with Crippen molar-refractivity contribution in [3.63, 3.8) is 0 Å². The molecule has 0 amide bonds. The molecule has 24 heavy (non-hydrogen) atoms. The van der Waals surface area contributed by atoms with Crippen LogP contribution in [0.3, 0.4) is 0 Å². The van der Waals surface area contributed by atoms with Crippen molar-refractivity contribution in [3.05, 3.63) is 72.9 Å². The number of H-pyrrole nitrogens is 2. The molecule has 2 aromatic heterocycles. The van der Waals surface area contributed by atoms with Crippen molar-refractivity contribution in [2.45, 2.75) is 13.8 Å². The third-order valence-electron chi connectivity index (χ3n) is 3.65. The lowest BCUT2D eigenvalue weighted by Gasteiger charge is -2.00. The van der Waals surface area contributed by atoms with Crippen LogP contribution in [0.25, 0.3) is 33.7 Å². The Kier molecular flexibility index (Phi) is 4.57. The number of rotatable bonds is 2. The third kappa shape index (κ3) is 3.13. The van der Waals surface area contributed by atoms with E-state index in [0.29, 0.717) is 0 Å². The second-order valence-electron chi connectivity index (χ2n) is 5.52. The van der Waals surface area contributed by atoms with E-state index in [2.05, 4.69) is 51.0 Å². The van der Waals surface area contributed by atoms with Crippen LogP contribution in [0.5, 0.6) is 0 Å². The van der Waals surface area contributed by atoms with Crippen molar-refractivity contribution in [2.75, 3.05) is 0 Å². The molecule has 2 N–H and O–H groups in total. The Hall–Kier alpha value is -3.14. The van der Waals surface area contributed by atoms with Crippen LogP contribution in [0, 0.1) is 6.92 Å². The molecule has 0 atom stereocenters. The van der Waals surface area contributed by atoms with Gasteiger partial charge in [0.25, 0.3) is 0 Å². The van der Waals surface area contributed by atoms with Crippen LogP contribution in [-0.2, 0) is 0 Å². The van der Waals surface area contributed by atoms with Gasteiger partial charge in [0.15, 0.2) is 5.82 Å². The minimum Gasteiger partial charge on any atom is -0.337 e. The molecule has 0 aliphatic carbocycles. The van der Waals surface area contributed by atoms with Gasteiger partial charge in [0.1, 0.15) is 5.69 Å². The van der Waals surface area contributed by atoms with Crippen LogP contribution >= 0.6 is 0 Å². The topological polar surface area (TPSA) is 57.4 Å². The summed E-state index contributed by atoms with van der Waals surface area (Å²) in [4.78, 5) is 7.99. The predicted octanol–water partition coefficient (Wildman–Crippen LogP) is 5.12. The highest BCUT2D eigenvalue weighted by Gasteiger charge is 2.10. The highest BCUT2D eigenvalue weighted by atomic mass is 15.1. The van der Waals surface area contributed by atoms with Gasteiger partial charge >= 0.3 is 0 Å². The summed E-state index contributed by atoms with van der Waals surface area (Å²) >= 11 is 0. The van der Waals surface area contributed by atoms with Gasteiger partial charge in [-0.15, -0.1) is 6.58 Å². The van der Waals surface area contributed by atoms with E-state index in [4.69, 9.17) is 0 Å². The number of nitrogens with zero attached hydrogens (tertiary/aromatic N) is 2. The molecule has 4 nitrogen and oxygen atoms in total. The van der Waals surface area contributed by atoms with Crippen LogP contribution in [0.15, 0.2) is 67.4 Å². The zero-order chi connectivity index (χ0) is 16.9. The van der Waals surface area contributed by atoms with Crippen LogP contribution in [0.2, 0.25) is 0 Å². The summed E-state index contributed by atoms with van der Waals surface area (Å²) in [7, 11) is 0. The molecule has 0 aliphatic rings. The van der Waals surface area contributed by atoms with Gasteiger partial charge in [-0.1, -0.05) is 42.5 Å². The number of fused-ring (bicyclic) bond motifs is 1. The number of imidazole rings is 1. The molecule has 0 saturated heterocycles. The average Bonchev–Trinajstić information content (AvgIpc) is 3.21. The number of hydrogen-bond donors (Lipinski definition) is 2. The molecule has 2 aromatic carbocycles. The Morgan fingerprint density at radius 3 is 2.46 bits per heavy atom. The quantitative estimate of drug-likeness (QED) is 0.504. The minimum atomic E-state index is 0.824. The first kappa shape index (κ1) is 15.7. The first-order valence-corrected chi connectivity index (χ1v) is 7.85. The number of hydrogen-bond acceptors (Lipinski definition) is 2. The van der Waals surface area contributed by atoms with Crippen molar-refractivity contribution < 1.29 is 0 Å². The summed E-state index contributed by atoms with van der Waals surface area (Å²) in [5, 5.41) is 7.03. The fraction of sp³-hybridized carbons (Fsp3) is 0.100. The van der Waals surface area contributed by atoms with E-state index in [9.17, 15) is 0 Å². The molecule has 2 heterocycles. The van der Waals surface area contributed by atoms with E-state index >= 15 is 0 Å². The second-order valence-corrected chi connectivity index (χ2v) is 5.52. The van der Waals surface area contributed by atoms with Gasteiger partial charge in [0, 0.05) is 0 Å². The molecule has 4 heteroatoms. The lowest BCUT2D eigenvalue weighted by atomic mass is 10.1. The van der Waals surface area contributed by atoms with Gasteiger partial charge in [-0.2, -0.15) is 5.10 Å². The van der Waals surface area contributed by atoms with Crippen molar-refractivity contribution in [3.8, 4) is 22.6 Å². The Bertz CT molecular complexity index is 948. The van der Waals surface area contributed by atoms with E-state index < -0.39 is 0 Å². The highest BCUT2D eigenvalue weighted by molar-refractivity contribution is 5.84.